The van der Waals surface area contributed by atoms with E-state index < -0.39 is 22.5 Å². The number of rotatable bonds is 4. The normalized spacial score (nSPS) is 11.1. The van der Waals surface area contributed by atoms with Crippen LogP contribution in [0.2, 0.25) is 10.0 Å². The van der Waals surface area contributed by atoms with Crippen LogP contribution in [0.5, 0.6) is 0 Å². The van der Waals surface area contributed by atoms with Gasteiger partial charge in [-0.1, -0.05) is 23.2 Å². The van der Waals surface area contributed by atoms with Gasteiger partial charge in [-0.3, -0.25) is 9.10 Å². The number of ether oxygens (including phenoxy) is 1. The van der Waals surface area contributed by atoms with E-state index in [1.54, 1.807) is 0 Å². The average molecular weight is 312 g/mol. The maximum absolute atomic E-state index is 11.6. The van der Waals surface area contributed by atoms with E-state index in [1.165, 1.54) is 25.3 Å². The molecule has 0 aliphatic heterocycles. The molecule has 0 bridgehead atoms. The highest BCUT2D eigenvalue weighted by atomic mass is 35.5. The molecule has 0 saturated carbocycles. The standard InChI is InChI=1S/C10H11Cl2NO4S/c1-17-10(14)6-13(18(2,15)16)7-3-4-8(11)9(12)5-7/h3-5H,6H2,1-2H3. The largest absolute Gasteiger partial charge is 0.468 e. The lowest BCUT2D eigenvalue weighted by molar-refractivity contribution is -0.138. The van der Waals surface area contributed by atoms with Crippen LogP contribution < -0.4 is 4.31 Å². The molecule has 0 saturated heterocycles. The van der Waals surface area contributed by atoms with Crippen LogP contribution in [0.15, 0.2) is 18.2 Å². The number of benzene rings is 1. The Bertz CT molecular complexity index is 559. The zero-order chi connectivity index (χ0) is 13.9. The highest BCUT2D eigenvalue weighted by Gasteiger charge is 2.21. The molecule has 100 valence electrons. The monoisotopic (exact) mass is 311 g/mol. The van der Waals surface area contributed by atoms with Crippen molar-refractivity contribution < 1.29 is 17.9 Å². The molecule has 0 amide bonds. The molecule has 18 heavy (non-hydrogen) atoms. The Hall–Kier alpha value is -0.980. The van der Waals surface area contributed by atoms with E-state index in [0.29, 0.717) is 5.02 Å². The summed E-state index contributed by atoms with van der Waals surface area (Å²) in [7, 11) is -2.44. The van der Waals surface area contributed by atoms with E-state index in [-0.39, 0.29) is 10.7 Å². The maximum Gasteiger partial charge on any atom is 0.326 e. The summed E-state index contributed by atoms with van der Waals surface area (Å²) < 4.78 is 28.6. The molecular weight excluding hydrogens is 301 g/mol. The van der Waals surface area contributed by atoms with Crippen molar-refractivity contribution in [3.63, 3.8) is 0 Å². The molecule has 0 fully saturated rings. The Labute approximate surface area is 115 Å². The number of hydrogen-bond acceptors (Lipinski definition) is 4. The Kier molecular flexibility index (Phi) is 4.84. The van der Waals surface area contributed by atoms with E-state index in [1.807, 2.05) is 0 Å². The second-order valence-electron chi connectivity index (χ2n) is 3.44. The molecule has 8 heteroatoms. The van der Waals surface area contributed by atoms with E-state index in [0.717, 1.165) is 10.6 Å². The van der Waals surface area contributed by atoms with Gasteiger partial charge in [0.25, 0.3) is 0 Å². The lowest BCUT2D eigenvalue weighted by Crippen LogP contribution is -2.35. The summed E-state index contributed by atoms with van der Waals surface area (Å²) in [5.74, 6) is -0.675. The van der Waals surface area contributed by atoms with Crippen LogP contribution in [0.1, 0.15) is 0 Å². The highest BCUT2D eigenvalue weighted by molar-refractivity contribution is 7.92. The minimum atomic E-state index is -3.62. The molecule has 0 aliphatic rings. The van der Waals surface area contributed by atoms with E-state index >= 15 is 0 Å². The van der Waals surface area contributed by atoms with Crippen LogP contribution in [0, 0.1) is 0 Å². The van der Waals surface area contributed by atoms with Crippen molar-refractivity contribution in [2.75, 3.05) is 24.2 Å². The molecule has 0 aromatic heterocycles. The van der Waals surface area contributed by atoms with Gasteiger partial charge in [-0.05, 0) is 18.2 Å². The number of methoxy groups -OCH3 is 1. The third kappa shape index (κ3) is 3.76. The SMILES string of the molecule is COC(=O)CN(c1ccc(Cl)c(Cl)c1)S(C)(=O)=O. The fourth-order valence-corrected chi connectivity index (χ4v) is 2.35. The first-order chi connectivity index (χ1) is 8.25. The summed E-state index contributed by atoms with van der Waals surface area (Å²) in [6.07, 6.45) is 0.985. The van der Waals surface area contributed by atoms with Crippen LogP contribution in [0.4, 0.5) is 5.69 Å². The second-order valence-corrected chi connectivity index (χ2v) is 6.17. The predicted molar refractivity (Wildman–Crippen MR) is 70.7 cm³/mol. The van der Waals surface area contributed by atoms with Crippen LogP contribution in [-0.2, 0) is 19.6 Å². The Morgan fingerprint density at radius 2 is 1.94 bits per heavy atom. The highest BCUT2D eigenvalue weighted by Crippen LogP contribution is 2.28. The predicted octanol–water partition coefficient (Wildman–Crippen LogP) is 1.93. The minimum absolute atomic E-state index is 0.202. The zero-order valence-corrected chi connectivity index (χ0v) is 12.0. The molecular formula is C10H11Cl2NO4S. The number of carbonyl (C=O) groups excluding carboxylic acids is 1. The second kappa shape index (κ2) is 5.77. The first-order valence-corrected chi connectivity index (χ1v) is 7.35. The number of esters is 1. The molecule has 0 heterocycles. The maximum atomic E-state index is 11.6. The summed E-state index contributed by atoms with van der Waals surface area (Å²) in [5.41, 5.74) is 0.248. The zero-order valence-electron chi connectivity index (χ0n) is 9.68. The van der Waals surface area contributed by atoms with Gasteiger partial charge in [-0.25, -0.2) is 8.42 Å². The topological polar surface area (TPSA) is 63.7 Å². The van der Waals surface area contributed by atoms with Gasteiger partial charge in [0.05, 0.1) is 29.1 Å². The molecule has 1 aromatic carbocycles. The smallest absolute Gasteiger partial charge is 0.326 e. The van der Waals surface area contributed by atoms with Crippen molar-refractivity contribution >= 4 is 44.9 Å². The molecule has 0 N–H and O–H groups in total. The number of nitrogens with zero attached hydrogens (tertiary/aromatic N) is 1. The Balaban J connectivity index is 3.18. The number of anilines is 1. The molecule has 0 radical (unpaired) electrons. The lowest BCUT2D eigenvalue weighted by atomic mass is 10.3. The number of halogens is 2. The molecule has 1 aromatic rings. The quantitative estimate of drug-likeness (QED) is 0.797. The number of sulfonamides is 1. The third-order valence-electron chi connectivity index (χ3n) is 2.09. The molecule has 0 spiro atoms. The first kappa shape index (κ1) is 15.1. The number of carbonyl (C=O) groups is 1. The van der Waals surface area contributed by atoms with Gasteiger partial charge in [0.1, 0.15) is 6.54 Å². The average Bonchev–Trinajstić information content (AvgIpc) is 2.28. The van der Waals surface area contributed by atoms with Gasteiger partial charge >= 0.3 is 5.97 Å². The Morgan fingerprint density at radius 1 is 1.33 bits per heavy atom. The fraction of sp³-hybridized carbons (Fsp3) is 0.300. The van der Waals surface area contributed by atoms with E-state index in [2.05, 4.69) is 4.74 Å². The van der Waals surface area contributed by atoms with Crippen LogP contribution in [-0.4, -0.2) is 34.3 Å². The van der Waals surface area contributed by atoms with Gasteiger partial charge in [0.2, 0.25) is 10.0 Å². The van der Waals surface area contributed by atoms with Crippen molar-refractivity contribution in [1.82, 2.24) is 0 Å². The van der Waals surface area contributed by atoms with Crippen molar-refractivity contribution in [2.24, 2.45) is 0 Å². The summed E-state index contributed by atoms with van der Waals surface area (Å²) in [5, 5.41) is 0.500. The van der Waals surface area contributed by atoms with Gasteiger partial charge in [0, 0.05) is 0 Å². The van der Waals surface area contributed by atoms with Gasteiger partial charge in [0.15, 0.2) is 0 Å². The van der Waals surface area contributed by atoms with Crippen LogP contribution in [0.25, 0.3) is 0 Å². The summed E-state index contributed by atoms with van der Waals surface area (Å²) in [4.78, 5) is 11.2. The molecule has 0 unspecified atom stereocenters. The molecule has 0 aliphatic carbocycles. The van der Waals surface area contributed by atoms with E-state index in [4.69, 9.17) is 23.2 Å². The van der Waals surface area contributed by atoms with E-state index in [9.17, 15) is 13.2 Å². The number of hydrogen-bond donors (Lipinski definition) is 0. The summed E-state index contributed by atoms with van der Waals surface area (Å²) in [6.45, 7) is -0.423. The first-order valence-electron chi connectivity index (χ1n) is 4.75. The van der Waals surface area contributed by atoms with Gasteiger partial charge in [-0.15, -0.1) is 0 Å². The third-order valence-corrected chi connectivity index (χ3v) is 3.97. The van der Waals surface area contributed by atoms with Crippen molar-refractivity contribution in [2.45, 2.75) is 0 Å². The molecule has 5 nitrogen and oxygen atoms in total. The molecule has 1 rings (SSSR count). The van der Waals surface area contributed by atoms with Gasteiger partial charge in [-0.2, -0.15) is 0 Å². The van der Waals surface area contributed by atoms with Gasteiger partial charge < -0.3 is 4.74 Å². The van der Waals surface area contributed by atoms with Crippen molar-refractivity contribution in [3.8, 4) is 0 Å². The minimum Gasteiger partial charge on any atom is -0.468 e. The summed E-state index contributed by atoms with van der Waals surface area (Å²) >= 11 is 11.5. The van der Waals surface area contributed by atoms with Crippen LogP contribution >= 0.6 is 23.2 Å². The fourth-order valence-electron chi connectivity index (χ4n) is 1.22. The Morgan fingerprint density at radius 3 is 2.39 bits per heavy atom. The van der Waals surface area contributed by atoms with Crippen LogP contribution in [0.3, 0.4) is 0 Å². The van der Waals surface area contributed by atoms with Crippen molar-refractivity contribution in [1.29, 1.82) is 0 Å². The lowest BCUT2D eigenvalue weighted by Gasteiger charge is -2.21. The molecule has 0 atom stereocenters. The summed E-state index contributed by atoms with van der Waals surface area (Å²) in [6, 6.07) is 4.28. The van der Waals surface area contributed by atoms with Crippen molar-refractivity contribution in [3.05, 3.63) is 28.2 Å².